The first-order valence-electron chi connectivity index (χ1n) is 10.1. The average Bonchev–Trinajstić information content (AvgIpc) is 2.65. The fourth-order valence-corrected chi connectivity index (χ4v) is 3.39. The molecule has 2 rings (SSSR count). The second kappa shape index (κ2) is 11.2. The number of nitrogens with zero attached hydrogens (tertiary/aromatic N) is 3. The molecule has 1 saturated heterocycles. The van der Waals surface area contributed by atoms with Gasteiger partial charge in [-0.05, 0) is 31.9 Å². The summed E-state index contributed by atoms with van der Waals surface area (Å²) < 4.78 is 0. The Morgan fingerprint density at radius 3 is 2.50 bits per heavy atom. The maximum Gasteiger partial charge on any atom is 0.191 e. The molecule has 0 aliphatic carbocycles. The van der Waals surface area contributed by atoms with Crippen LogP contribution in [-0.4, -0.2) is 68.1 Å². The minimum Gasteiger partial charge on any atom is -0.357 e. The molecule has 1 aromatic carbocycles. The van der Waals surface area contributed by atoms with E-state index in [4.69, 9.17) is 4.99 Å². The third-order valence-corrected chi connectivity index (χ3v) is 4.95. The SMILES string of the molecule is CCNC(=NCc1cccc(C)c1)NCC(C)CN1CCN(CC)CC1. The van der Waals surface area contributed by atoms with Crippen LogP contribution < -0.4 is 10.6 Å². The minimum atomic E-state index is 0.603. The predicted octanol–water partition coefficient (Wildman–Crippen LogP) is 2.32. The predicted molar refractivity (Wildman–Crippen MR) is 112 cm³/mol. The van der Waals surface area contributed by atoms with Gasteiger partial charge in [-0.2, -0.15) is 0 Å². The third kappa shape index (κ3) is 7.34. The van der Waals surface area contributed by atoms with Crippen LogP contribution in [0.3, 0.4) is 0 Å². The zero-order chi connectivity index (χ0) is 18.8. The van der Waals surface area contributed by atoms with Gasteiger partial charge in [0, 0.05) is 45.8 Å². The highest BCUT2D eigenvalue weighted by atomic mass is 15.3. The van der Waals surface area contributed by atoms with Crippen molar-refractivity contribution in [2.45, 2.75) is 34.2 Å². The lowest BCUT2D eigenvalue weighted by molar-refractivity contribution is 0.124. The number of hydrogen-bond donors (Lipinski definition) is 2. The Kier molecular flexibility index (Phi) is 8.92. The number of likely N-dealkylation sites (N-methyl/N-ethyl adjacent to an activating group) is 1. The summed E-state index contributed by atoms with van der Waals surface area (Å²) in [5.74, 6) is 1.52. The van der Waals surface area contributed by atoms with E-state index < -0.39 is 0 Å². The number of hydrogen-bond acceptors (Lipinski definition) is 3. The molecule has 1 heterocycles. The molecule has 1 fully saturated rings. The molecule has 1 aliphatic rings. The van der Waals surface area contributed by atoms with E-state index in [0.717, 1.165) is 25.6 Å². The molecular weight excluding hydrogens is 322 g/mol. The van der Waals surface area contributed by atoms with E-state index in [9.17, 15) is 0 Å². The van der Waals surface area contributed by atoms with Crippen LogP contribution in [0.4, 0.5) is 0 Å². The van der Waals surface area contributed by atoms with Crippen LogP contribution in [0.5, 0.6) is 0 Å². The number of benzene rings is 1. The fourth-order valence-electron chi connectivity index (χ4n) is 3.39. The van der Waals surface area contributed by atoms with Crippen LogP contribution in [0.25, 0.3) is 0 Å². The van der Waals surface area contributed by atoms with Crippen LogP contribution >= 0.6 is 0 Å². The van der Waals surface area contributed by atoms with Gasteiger partial charge in [0.2, 0.25) is 0 Å². The first kappa shape index (κ1) is 20.7. The number of piperazine rings is 1. The Morgan fingerprint density at radius 1 is 1.12 bits per heavy atom. The standard InChI is InChI=1S/C21H37N5/c1-5-22-21(24-16-20-9-7-8-18(3)14-20)23-15-19(4)17-26-12-10-25(6-2)11-13-26/h7-9,14,19H,5-6,10-13,15-17H2,1-4H3,(H2,22,23,24). The topological polar surface area (TPSA) is 42.9 Å². The van der Waals surface area contributed by atoms with Crippen LogP contribution in [0.1, 0.15) is 31.9 Å². The molecule has 0 spiro atoms. The Hall–Kier alpha value is -1.59. The molecule has 5 heteroatoms. The molecule has 0 amide bonds. The lowest BCUT2D eigenvalue weighted by atomic mass is 10.1. The molecule has 1 aliphatic heterocycles. The van der Waals surface area contributed by atoms with Gasteiger partial charge in [0.15, 0.2) is 5.96 Å². The summed E-state index contributed by atoms with van der Waals surface area (Å²) in [5.41, 5.74) is 2.54. The van der Waals surface area contributed by atoms with Crippen molar-refractivity contribution in [3.8, 4) is 0 Å². The molecule has 1 aromatic rings. The molecular formula is C21H37N5. The molecule has 0 aromatic heterocycles. The van der Waals surface area contributed by atoms with Gasteiger partial charge in [-0.3, -0.25) is 0 Å². The van der Waals surface area contributed by atoms with Gasteiger partial charge in [0.25, 0.3) is 0 Å². The van der Waals surface area contributed by atoms with E-state index in [1.165, 1.54) is 43.9 Å². The summed E-state index contributed by atoms with van der Waals surface area (Å²) >= 11 is 0. The maximum atomic E-state index is 4.74. The normalized spacial score (nSPS) is 17.9. The van der Waals surface area contributed by atoms with Crippen LogP contribution in [0.2, 0.25) is 0 Å². The molecule has 0 saturated carbocycles. The molecule has 1 atom stereocenters. The van der Waals surface area contributed by atoms with Crippen molar-refractivity contribution in [2.75, 3.05) is 52.4 Å². The Bertz CT molecular complexity index is 549. The fraction of sp³-hybridized carbons (Fsp3) is 0.667. The quantitative estimate of drug-likeness (QED) is 0.552. The summed E-state index contributed by atoms with van der Waals surface area (Å²) in [6.45, 7) is 18.5. The number of rotatable bonds is 8. The van der Waals surface area contributed by atoms with Crippen LogP contribution in [0, 0.1) is 12.8 Å². The number of aliphatic imine (C=N–C) groups is 1. The Balaban J connectivity index is 1.77. The molecule has 0 radical (unpaired) electrons. The van der Waals surface area contributed by atoms with Crippen molar-refractivity contribution in [1.82, 2.24) is 20.4 Å². The van der Waals surface area contributed by atoms with Gasteiger partial charge in [0.1, 0.15) is 0 Å². The van der Waals surface area contributed by atoms with Crippen molar-refractivity contribution in [3.05, 3.63) is 35.4 Å². The number of guanidine groups is 1. The van der Waals surface area contributed by atoms with Crippen LogP contribution in [0.15, 0.2) is 29.3 Å². The van der Waals surface area contributed by atoms with E-state index in [1.54, 1.807) is 0 Å². The van der Waals surface area contributed by atoms with Crippen molar-refractivity contribution in [1.29, 1.82) is 0 Å². The summed E-state index contributed by atoms with van der Waals surface area (Å²) in [6, 6.07) is 8.56. The zero-order valence-electron chi connectivity index (χ0n) is 17.1. The van der Waals surface area contributed by atoms with E-state index in [2.05, 4.69) is 72.4 Å². The summed E-state index contributed by atoms with van der Waals surface area (Å²) in [4.78, 5) is 9.86. The molecule has 2 N–H and O–H groups in total. The molecule has 1 unspecified atom stereocenters. The van der Waals surface area contributed by atoms with Crippen molar-refractivity contribution in [2.24, 2.45) is 10.9 Å². The van der Waals surface area contributed by atoms with E-state index >= 15 is 0 Å². The summed E-state index contributed by atoms with van der Waals surface area (Å²) in [6.07, 6.45) is 0. The third-order valence-electron chi connectivity index (χ3n) is 4.95. The Labute approximate surface area is 159 Å². The maximum absolute atomic E-state index is 4.74. The number of aryl methyl sites for hydroxylation is 1. The minimum absolute atomic E-state index is 0.603. The first-order valence-corrected chi connectivity index (χ1v) is 10.1. The van der Waals surface area contributed by atoms with Gasteiger partial charge < -0.3 is 20.4 Å². The molecule has 5 nitrogen and oxygen atoms in total. The highest BCUT2D eigenvalue weighted by Crippen LogP contribution is 2.06. The van der Waals surface area contributed by atoms with Crippen LogP contribution in [-0.2, 0) is 6.54 Å². The molecule has 0 bridgehead atoms. The zero-order valence-corrected chi connectivity index (χ0v) is 17.1. The largest absolute Gasteiger partial charge is 0.357 e. The van der Waals surface area contributed by atoms with Gasteiger partial charge in [-0.1, -0.05) is 43.7 Å². The van der Waals surface area contributed by atoms with E-state index in [-0.39, 0.29) is 0 Å². The smallest absolute Gasteiger partial charge is 0.191 e. The Morgan fingerprint density at radius 2 is 1.85 bits per heavy atom. The summed E-state index contributed by atoms with van der Waals surface area (Å²) in [7, 11) is 0. The molecule has 146 valence electrons. The van der Waals surface area contributed by atoms with Crippen molar-refractivity contribution >= 4 is 5.96 Å². The first-order chi connectivity index (χ1) is 12.6. The second-order valence-electron chi connectivity index (χ2n) is 7.41. The van der Waals surface area contributed by atoms with Gasteiger partial charge in [-0.25, -0.2) is 4.99 Å². The highest BCUT2D eigenvalue weighted by Gasteiger charge is 2.17. The van der Waals surface area contributed by atoms with E-state index in [1.807, 2.05) is 0 Å². The van der Waals surface area contributed by atoms with Crippen molar-refractivity contribution in [3.63, 3.8) is 0 Å². The molecule has 26 heavy (non-hydrogen) atoms. The number of nitrogens with one attached hydrogen (secondary N) is 2. The monoisotopic (exact) mass is 359 g/mol. The van der Waals surface area contributed by atoms with Gasteiger partial charge in [-0.15, -0.1) is 0 Å². The lowest BCUT2D eigenvalue weighted by Crippen LogP contribution is -2.48. The lowest BCUT2D eigenvalue weighted by Gasteiger charge is -2.35. The van der Waals surface area contributed by atoms with Gasteiger partial charge in [0.05, 0.1) is 6.54 Å². The second-order valence-corrected chi connectivity index (χ2v) is 7.41. The van der Waals surface area contributed by atoms with Gasteiger partial charge >= 0.3 is 0 Å². The van der Waals surface area contributed by atoms with E-state index in [0.29, 0.717) is 12.5 Å². The van der Waals surface area contributed by atoms with Crippen molar-refractivity contribution < 1.29 is 0 Å². The highest BCUT2D eigenvalue weighted by molar-refractivity contribution is 5.79. The summed E-state index contributed by atoms with van der Waals surface area (Å²) in [5, 5.41) is 6.88. The average molecular weight is 360 g/mol.